The van der Waals surface area contributed by atoms with Gasteiger partial charge in [0.25, 0.3) is 0 Å². The predicted molar refractivity (Wildman–Crippen MR) is 75.5 cm³/mol. The molecule has 0 radical (unpaired) electrons. The number of amides is 1. The molecule has 100 valence electrons. The van der Waals surface area contributed by atoms with Crippen LogP contribution in [0.15, 0.2) is 18.2 Å². The molecule has 0 fully saturated rings. The number of nitrogens with zero attached hydrogens (tertiary/aromatic N) is 1. The number of nitrogens with two attached hydrogens (primary N) is 1. The van der Waals surface area contributed by atoms with Gasteiger partial charge in [0, 0.05) is 26.6 Å². The van der Waals surface area contributed by atoms with Crippen molar-refractivity contribution in [3.63, 3.8) is 0 Å². The fourth-order valence-corrected chi connectivity index (χ4v) is 1.90. The molecule has 0 spiro atoms. The summed E-state index contributed by atoms with van der Waals surface area (Å²) in [5.74, 6) is 0.540. The Labute approximate surface area is 110 Å². The Kier molecular flexibility index (Phi) is 4.91. The average molecular weight is 248 g/mol. The number of benzene rings is 1. The van der Waals surface area contributed by atoms with E-state index in [4.69, 9.17) is 5.73 Å². The van der Waals surface area contributed by atoms with Gasteiger partial charge in [-0.2, -0.15) is 0 Å². The van der Waals surface area contributed by atoms with Crippen LogP contribution in [0.4, 0.5) is 0 Å². The molecule has 0 aliphatic rings. The van der Waals surface area contributed by atoms with Crippen molar-refractivity contribution >= 4 is 5.91 Å². The van der Waals surface area contributed by atoms with Crippen molar-refractivity contribution in [3.8, 4) is 0 Å². The van der Waals surface area contributed by atoms with Crippen molar-refractivity contribution in [1.29, 1.82) is 0 Å². The van der Waals surface area contributed by atoms with Gasteiger partial charge in [-0.25, -0.2) is 0 Å². The second kappa shape index (κ2) is 6.01. The molecule has 1 rings (SSSR count). The van der Waals surface area contributed by atoms with E-state index in [0.29, 0.717) is 12.3 Å². The summed E-state index contributed by atoms with van der Waals surface area (Å²) < 4.78 is 0. The van der Waals surface area contributed by atoms with E-state index in [1.54, 1.807) is 19.0 Å². The van der Waals surface area contributed by atoms with Crippen LogP contribution < -0.4 is 5.73 Å². The minimum Gasteiger partial charge on any atom is -0.349 e. The van der Waals surface area contributed by atoms with E-state index in [1.807, 2.05) is 6.92 Å². The molecule has 3 heteroatoms. The number of carbonyl (C=O) groups excluding carboxylic acids is 1. The first-order valence-electron chi connectivity index (χ1n) is 6.39. The standard InChI is InChI=1S/C15H24N2O/c1-10(2)12-7-6-11(3)13(8-12)14(16)9-15(18)17(4)5/h6-8,10,14H,9,16H2,1-5H3. The minimum absolute atomic E-state index is 0.0665. The number of aryl methyl sites for hydroxylation is 1. The molecule has 18 heavy (non-hydrogen) atoms. The third-order valence-corrected chi connectivity index (χ3v) is 3.26. The summed E-state index contributed by atoms with van der Waals surface area (Å²) in [6, 6.07) is 6.13. The van der Waals surface area contributed by atoms with Crippen LogP contribution >= 0.6 is 0 Å². The largest absolute Gasteiger partial charge is 0.349 e. The van der Waals surface area contributed by atoms with Crippen molar-refractivity contribution in [2.75, 3.05) is 14.1 Å². The van der Waals surface area contributed by atoms with Gasteiger partial charge in [-0.15, -0.1) is 0 Å². The van der Waals surface area contributed by atoms with Gasteiger partial charge in [-0.1, -0.05) is 32.0 Å². The maximum absolute atomic E-state index is 11.7. The Balaban J connectivity index is 2.94. The van der Waals surface area contributed by atoms with Gasteiger partial charge >= 0.3 is 0 Å². The Bertz CT molecular complexity index is 425. The Morgan fingerprint density at radius 1 is 1.33 bits per heavy atom. The van der Waals surface area contributed by atoms with Crippen molar-refractivity contribution < 1.29 is 4.79 Å². The number of carbonyl (C=O) groups is 1. The van der Waals surface area contributed by atoms with Crippen LogP contribution in [-0.2, 0) is 4.79 Å². The van der Waals surface area contributed by atoms with Crippen LogP contribution in [0.2, 0.25) is 0 Å². The Hall–Kier alpha value is -1.35. The molecular formula is C15H24N2O. The quantitative estimate of drug-likeness (QED) is 0.890. The van der Waals surface area contributed by atoms with Crippen LogP contribution in [0.5, 0.6) is 0 Å². The van der Waals surface area contributed by atoms with Gasteiger partial charge < -0.3 is 10.6 Å². The van der Waals surface area contributed by atoms with Gasteiger partial charge in [0.05, 0.1) is 0 Å². The molecule has 1 amide bonds. The van der Waals surface area contributed by atoms with E-state index in [9.17, 15) is 4.79 Å². The highest BCUT2D eigenvalue weighted by Crippen LogP contribution is 2.24. The highest BCUT2D eigenvalue weighted by molar-refractivity contribution is 5.76. The van der Waals surface area contributed by atoms with Crippen LogP contribution in [0.25, 0.3) is 0 Å². The molecule has 0 aliphatic carbocycles. The lowest BCUT2D eigenvalue weighted by Crippen LogP contribution is -2.26. The summed E-state index contributed by atoms with van der Waals surface area (Å²) in [5.41, 5.74) is 9.65. The first kappa shape index (κ1) is 14.7. The molecule has 0 heterocycles. The third-order valence-electron chi connectivity index (χ3n) is 3.26. The molecule has 2 N–H and O–H groups in total. The second-order valence-electron chi connectivity index (χ2n) is 5.37. The minimum atomic E-state index is -0.224. The topological polar surface area (TPSA) is 46.3 Å². The lowest BCUT2D eigenvalue weighted by Gasteiger charge is -2.19. The Morgan fingerprint density at radius 3 is 2.44 bits per heavy atom. The lowest BCUT2D eigenvalue weighted by atomic mass is 9.93. The number of hydrogen-bond acceptors (Lipinski definition) is 2. The summed E-state index contributed by atoms with van der Waals surface area (Å²) in [6.45, 7) is 6.36. The molecule has 0 aliphatic heterocycles. The zero-order valence-corrected chi connectivity index (χ0v) is 12.0. The predicted octanol–water partition coefficient (Wildman–Crippen LogP) is 2.60. The molecule has 1 unspecified atom stereocenters. The summed E-state index contributed by atoms with van der Waals surface area (Å²) in [6.07, 6.45) is 0.357. The van der Waals surface area contributed by atoms with Crippen molar-refractivity contribution in [3.05, 3.63) is 34.9 Å². The smallest absolute Gasteiger partial charge is 0.223 e. The number of rotatable bonds is 4. The molecule has 0 saturated carbocycles. The van der Waals surface area contributed by atoms with E-state index in [-0.39, 0.29) is 11.9 Å². The van der Waals surface area contributed by atoms with Crippen LogP contribution in [0, 0.1) is 6.92 Å². The lowest BCUT2D eigenvalue weighted by molar-refractivity contribution is -0.129. The highest BCUT2D eigenvalue weighted by atomic mass is 16.2. The van der Waals surface area contributed by atoms with Crippen molar-refractivity contribution in [2.24, 2.45) is 5.73 Å². The average Bonchev–Trinajstić information content (AvgIpc) is 2.28. The zero-order chi connectivity index (χ0) is 13.9. The molecular weight excluding hydrogens is 224 g/mol. The first-order valence-corrected chi connectivity index (χ1v) is 6.39. The molecule has 1 aromatic rings. The maximum atomic E-state index is 11.7. The summed E-state index contributed by atoms with van der Waals surface area (Å²) in [4.78, 5) is 13.3. The SMILES string of the molecule is Cc1ccc(C(C)C)cc1C(N)CC(=O)N(C)C. The molecule has 0 aromatic heterocycles. The monoisotopic (exact) mass is 248 g/mol. The molecule has 3 nitrogen and oxygen atoms in total. The molecule has 0 saturated heterocycles. The summed E-state index contributed by atoms with van der Waals surface area (Å²) >= 11 is 0. The van der Waals surface area contributed by atoms with Gasteiger partial charge in [-0.05, 0) is 29.5 Å². The fraction of sp³-hybridized carbons (Fsp3) is 0.533. The Morgan fingerprint density at radius 2 is 1.94 bits per heavy atom. The van der Waals surface area contributed by atoms with E-state index < -0.39 is 0 Å². The molecule has 1 aromatic carbocycles. The van der Waals surface area contributed by atoms with Crippen molar-refractivity contribution in [1.82, 2.24) is 4.90 Å². The van der Waals surface area contributed by atoms with E-state index in [2.05, 4.69) is 32.0 Å². The normalized spacial score (nSPS) is 12.6. The van der Waals surface area contributed by atoms with Crippen LogP contribution in [0.1, 0.15) is 48.9 Å². The van der Waals surface area contributed by atoms with Gasteiger partial charge in [-0.3, -0.25) is 4.79 Å². The van der Waals surface area contributed by atoms with E-state index in [1.165, 1.54) is 5.56 Å². The molecule has 1 atom stereocenters. The summed E-state index contributed by atoms with van der Waals surface area (Å²) in [5, 5.41) is 0. The third kappa shape index (κ3) is 3.57. The van der Waals surface area contributed by atoms with Gasteiger partial charge in [0.15, 0.2) is 0 Å². The zero-order valence-electron chi connectivity index (χ0n) is 12.0. The van der Waals surface area contributed by atoms with E-state index in [0.717, 1.165) is 11.1 Å². The molecule has 0 bridgehead atoms. The highest BCUT2D eigenvalue weighted by Gasteiger charge is 2.15. The first-order chi connectivity index (χ1) is 8.32. The number of hydrogen-bond donors (Lipinski definition) is 1. The van der Waals surface area contributed by atoms with Gasteiger partial charge in [0.2, 0.25) is 5.91 Å². The second-order valence-corrected chi connectivity index (χ2v) is 5.37. The van der Waals surface area contributed by atoms with Crippen LogP contribution in [0.3, 0.4) is 0 Å². The maximum Gasteiger partial charge on any atom is 0.223 e. The van der Waals surface area contributed by atoms with Crippen LogP contribution in [-0.4, -0.2) is 24.9 Å². The van der Waals surface area contributed by atoms with Gasteiger partial charge in [0.1, 0.15) is 0 Å². The summed E-state index contributed by atoms with van der Waals surface area (Å²) in [7, 11) is 3.51. The van der Waals surface area contributed by atoms with E-state index >= 15 is 0 Å². The van der Waals surface area contributed by atoms with Crippen molar-refractivity contribution in [2.45, 2.75) is 39.2 Å². The fourth-order valence-electron chi connectivity index (χ4n) is 1.90.